The van der Waals surface area contributed by atoms with Crippen LogP contribution in [0, 0.1) is 45.3 Å². The largest absolute Gasteiger partial charge is 0.394 e. The minimum atomic E-state index is -1.79. The smallest absolute Gasteiger partial charge is 0.187 e. The molecule has 2 spiro atoms. The van der Waals surface area contributed by atoms with Gasteiger partial charge in [-0.25, -0.2) is 0 Å². The summed E-state index contributed by atoms with van der Waals surface area (Å²) in [4.78, 5) is 0. The van der Waals surface area contributed by atoms with Crippen LogP contribution in [0.25, 0.3) is 0 Å². The zero-order valence-electron chi connectivity index (χ0n) is 37.8. The topological polar surface area (TPSA) is 256 Å². The summed E-state index contributed by atoms with van der Waals surface area (Å²) in [5.74, 6) is -0.0237. The summed E-state index contributed by atoms with van der Waals surface area (Å²) in [5.41, 5.74) is -0.453. The minimum Gasteiger partial charge on any atom is -0.394 e. The van der Waals surface area contributed by atoms with Gasteiger partial charge in [0.2, 0.25) is 0 Å². The van der Waals surface area contributed by atoms with Gasteiger partial charge in [-0.3, -0.25) is 0 Å². The summed E-state index contributed by atoms with van der Waals surface area (Å²) in [7, 11) is 0. The van der Waals surface area contributed by atoms with Crippen molar-refractivity contribution in [3.63, 3.8) is 0 Å². The van der Waals surface area contributed by atoms with Crippen LogP contribution in [0.4, 0.5) is 0 Å². The number of fused-ring (bicyclic) bond motifs is 4. The molecule has 4 aliphatic carbocycles. The summed E-state index contributed by atoms with van der Waals surface area (Å²) in [5, 5.41) is 96.7. The minimum absolute atomic E-state index is 0.0626. The van der Waals surface area contributed by atoms with Gasteiger partial charge in [0.15, 0.2) is 24.7 Å². The summed E-state index contributed by atoms with van der Waals surface area (Å²) in [6.45, 7) is 14.6. The van der Waals surface area contributed by atoms with Gasteiger partial charge in [0, 0.05) is 24.2 Å². The van der Waals surface area contributed by atoms with Crippen molar-refractivity contribution >= 4 is 0 Å². The second-order valence-corrected chi connectivity index (χ2v) is 22.5. The standard InChI is InChI=1S/C46H74O17/c1-21(2)14-22-15-44(7,55)37-23-8-9-28-42(5)12-11-29(41(3,4)27(42)10-13-43(28,6)45(23)19-46(37,63-22)57-20-45)60-40-36(62-38-33(53)31(51)26(17-48)59-38)35(24(49)18-56-40)61-39-34(54)32(52)30(50)25(16-47)58-39/h14,22-40,47-55H,8-13,15-20H2,1-7H3/t22-,23+,24+,25+,26-,27-,28+,29-,30+,31-,32-,33+,34+,35-,36+,37?,38?,39?,40?,42-,43+,44-,45-,46-/m0/s1. The van der Waals surface area contributed by atoms with E-state index in [1.54, 1.807) is 0 Å². The Morgan fingerprint density at radius 2 is 1.35 bits per heavy atom. The second kappa shape index (κ2) is 16.4. The molecule has 17 heteroatoms. The fourth-order valence-corrected chi connectivity index (χ4v) is 15.6. The zero-order valence-corrected chi connectivity index (χ0v) is 37.8. The average molecular weight is 899 g/mol. The molecule has 5 heterocycles. The molecule has 4 saturated carbocycles. The van der Waals surface area contributed by atoms with Crippen LogP contribution in [0.1, 0.15) is 99.8 Å². The normalized spacial score (nSPS) is 57.2. The molecule has 2 bridgehead atoms. The highest BCUT2D eigenvalue weighted by Gasteiger charge is 2.81. The molecule has 5 saturated heterocycles. The Labute approximate surface area is 369 Å². The Morgan fingerprint density at radius 1 is 0.714 bits per heavy atom. The molecule has 5 aliphatic heterocycles. The van der Waals surface area contributed by atoms with Gasteiger partial charge in [-0.1, -0.05) is 39.3 Å². The van der Waals surface area contributed by atoms with E-state index in [0.717, 1.165) is 44.1 Å². The molecule has 0 radical (unpaired) electrons. The predicted octanol–water partition coefficient (Wildman–Crippen LogP) is 0.606. The molecular formula is C46H74O17. The first-order valence-electron chi connectivity index (χ1n) is 23.5. The number of ether oxygens (including phenoxy) is 8. The van der Waals surface area contributed by atoms with Crippen LogP contribution >= 0.6 is 0 Å². The van der Waals surface area contributed by atoms with E-state index in [9.17, 15) is 46.0 Å². The molecule has 4 unspecified atom stereocenters. The van der Waals surface area contributed by atoms with Gasteiger partial charge in [-0.15, -0.1) is 0 Å². The third kappa shape index (κ3) is 7.11. The number of rotatable bonds is 9. The number of aliphatic hydroxyl groups excluding tert-OH is 8. The van der Waals surface area contributed by atoms with E-state index in [4.69, 9.17) is 37.9 Å². The van der Waals surface area contributed by atoms with Crippen LogP contribution in [-0.2, 0) is 37.9 Å². The van der Waals surface area contributed by atoms with E-state index in [0.29, 0.717) is 25.4 Å². The zero-order chi connectivity index (χ0) is 45.4. The first kappa shape index (κ1) is 47.1. The Bertz CT molecular complexity index is 1710. The maximum Gasteiger partial charge on any atom is 0.187 e. The molecule has 9 N–H and O–H groups in total. The van der Waals surface area contributed by atoms with Crippen LogP contribution in [0.3, 0.4) is 0 Å². The quantitative estimate of drug-likeness (QED) is 0.114. The summed E-state index contributed by atoms with van der Waals surface area (Å²) >= 11 is 0. The SMILES string of the molecule is CC(C)=C[C@H]1C[C@](C)(O)C2[C@H]3CC[C@@H]4[C@@]5(C)CC[C@H](OC6OC[C@@H](O)[C@H](OC7O[C@H](CO)[C@@H](O)[C@H](O)[C@H]7O)[C@H]6OC6O[C@@H](CO)[C@H](O)[C@H]6O)C(C)(C)[C@@H]5CC[C@@]4(C)[C@@]34CO[C@@]2(C4)O1. The fourth-order valence-electron chi connectivity index (χ4n) is 15.6. The maximum absolute atomic E-state index is 12.2. The van der Waals surface area contributed by atoms with Crippen molar-refractivity contribution in [2.75, 3.05) is 26.4 Å². The molecule has 0 aromatic carbocycles. The van der Waals surface area contributed by atoms with Gasteiger partial charge >= 0.3 is 0 Å². The van der Waals surface area contributed by atoms with Crippen LogP contribution in [-0.4, -0.2) is 176 Å². The van der Waals surface area contributed by atoms with E-state index < -0.39 is 110 Å². The fraction of sp³-hybridized carbons (Fsp3) is 0.957. The van der Waals surface area contributed by atoms with E-state index in [1.807, 2.05) is 6.92 Å². The van der Waals surface area contributed by atoms with Crippen molar-refractivity contribution in [1.82, 2.24) is 0 Å². The second-order valence-electron chi connectivity index (χ2n) is 22.5. The van der Waals surface area contributed by atoms with E-state index >= 15 is 0 Å². The molecule has 9 aliphatic rings. The van der Waals surface area contributed by atoms with Crippen LogP contribution in [0.15, 0.2) is 11.6 Å². The number of allylic oxidation sites excluding steroid dienone is 1. The predicted molar refractivity (Wildman–Crippen MR) is 219 cm³/mol. The lowest BCUT2D eigenvalue weighted by molar-refractivity contribution is -0.375. The van der Waals surface area contributed by atoms with Gasteiger partial charge in [0.25, 0.3) is 0 Å². The van der Waals surface area contributed by atoms with Gasteiger partial charge < -0.3 is 83.9 Å². The van der Waals surface area contributed by atoms with Crippen molar-refractivity contribution in [2.45, 2.75) is 203 Å². The highest BCUT2D eigenvalue weighted by atomic mass is 16.8. The van der Waals surface area contributed by atoms with Crippen molar-refractivity contribution < 1.29 is 83.9 Å². The van der Waals surface area contributed by atoms with Crippen molar-refractivity contribution in [1.29, 1.82) is 0 Å². The van der Waals surface area contributed by atoms with Gasteiger partial charge in [0.1, 0.15) is 61.0 Å². The summed E-state index contributed by atoms with van der Waals surface area (Å²) in [6.07, 6.45) is -11.0. The molecule has 360 valence electrons. The molecule has 0 amide bonds. The van der Waals surface area contributed by atoms with E-state index in [1.165, 1.54) is 0 Å². The molecule has 9 fully saturated rings. The molecule has 17 nitrogen and oxygen atoms in total. The highest BCUT2D eigenvalue weighted by molar-refractivity contribution is 5.26. The molecule has 24 atom stereocenters. The van der Waals surface area contributed by atoms with E-state index in [2.05, 4.69) is 47.6 Å². The summed E-state index contributed by atoms with van der Waals surface area (Å²) in [6, 6.07) is 0. The number of aliphatic hydroxyl groups is 9. The van der Waals surface area contributed by atoms with Crippen LogP contribution < -0.4 is 0 Å². The van der Waals surface area contributed by atoms with Gasteiger partial charge in [0.05, 0.1) is 44.2 Å². The molecule has 0 aromatic rings. The molecule has 63 heavy (non-hydrogen) atoms. The molecule has 0 aromatic heterocycles. The van der Waals surface area contributed by atoms with Crippen molar-refractivity contribution in [2.24, 2.45) is 45.3 Å². The maximum atomic E-state index is 12.2. The third-order valence-electron chi connectivity index (χ3n) is 18.4. The Kier molecular flexibility index (Phi) is 12.2. The highest BCUT2D eigenvalue weighted by Crippen LogP contribution is 2.80. The van der Waals surface area contributed by atoms with Gasteiger partial charge in [-0.05, 0) is 93.3 Å². The lowest BCUT2D eigenvalue weighted by Crippen LogP contribution is -2.67. The third-order valence-corrected chi connectivity index (χ3v) is 18.4. The Hall–Kier alpha value is -0.940. The van der Waals surface area contributed by atoms with Crippen LogP contribution in [0.2, 0.25) is 0 Å². The average Bonchev–Trinajstić information content (AvgIpc) is 3.83. The first-order chi connectivity index (χ1) is 29.6. The monoisotopic (exact) mass is 898 g/mol. The lowest BCUT2D eigenvalue weighted by Gasteiger charge is -2.70. The number of hydrogen-bond acceptors (Lipinski definition) is 17. The van der Waals surface area contributed by atoms with Crippen molar-refractivity contribution in [3.8, 4) is 0 Å². The molecular weight excluding hydrogens is 824 g/mol. The van der Waals surface area contributed by atoms with Crippen molar-refractivity contribution in [3.05, 3.63) is 11.6 Å². The Balaban J connectivity index is 0.969. The Morgan fingerprint density at radius 3 is 2.00 bits per heavy atom. The lowest BCUT2D eigenvalue weighted by atomic mass is 9.35. The van der Waals surface area contributed by atoms with Gasteiger partial charge in [-0.2, -0.15) is 0 Å². The number of hydrogen-bond donors (Lipinski definition) is 9. The summed E-state index contributed by atoms with van der Waals surface area (Å²) < 4.78 is 50.7. The first-order valence-corrected chi connectivity index (χ1v) is 23.5. The van der Waals surface area contributed by atoms with Crippen LogP contribution in [0.5, 0.6) is 0 Å². The van der Waals surface area contributed by atoms with E-state index in [-0.39, 0.29) is 52.8 Å². The molecule has 9 rings (SSSR count).